The Morgan fingerprint density at radius 2 is 1.61 bits per heavy atom. The van der Waals surface area contributed by atoms with Gasteiger partial charge in [-0.15, -0.1) is 0 Å². The molecule has 2 amide bonds. The maximum atomic E-state index is 13.8. The van der Waals surface area contributed by atoms with E-state index in [1.165, 1.54) is 6.42 Å². The van der Waals surface area contributed by atoms with Crippen LogP contribution >= 0.6 is 11.6 Å². The summed E-state index contributed by atoms with van der Waals surface area (Å²) in [5.41, 5.74) is 3.91. The van der Waals surface area contributed by atoms with Gasteiger partial charge in [-0.2, -0.15) is 0 Å². The Balaban J connectivity index is 1.62. The summed E-state index contributed by atoms with van der Waals surface area (Å²) >= 11 is 6.51. The molecule has 0 bridgehead atoms. The lowest BCUT2D eigenvalue weighted by molar-refractivity contribution is -0.143. The summed E-state index contributed by atoms with van der Waals surface area (Å²) < 4.78 is 5.95. The summed E-state index contributed by atoms with van der Waals surface area (Å²) in [6.07, 6.45) is 5.77. The number of benzene rings is 3. The summed E-state index contributed by atoms with van der Waals surface area (Å²) in [4.78, 5) is 29.3. The van der Waals surface area contributed by atoms with E-state index >= 15 is 0 Å². The number of hydrogen-bond donors (Lipinski definition) is 1. The highest BCUT2D eigenvalue weighted by Crippen LogP contribution is 2.23. The van der Waals surface area contributed by atoms with Gasteiger partial charge in [0.25, 0.3) is 5.91 Å². The predicted octanol–water partition coefficient (Wildman–Crippen LogP) is 6.42. The van der Waals surface area contributed by atoms with Crippen LogP contribution in [0.25, 0.3) is 0 Å². The number of ether oxygens (including phenoxy) is 1. The molecule has 0 aromatic heterocycles. The molecule has 1 unspecified atom stereocenters. The van der Waals surface area contributed by atoms with Crippen molar-refractivity contribution in [3.05, 3.63) is 100 Å². The number of nitrogens with one attached hydrogen (secondary N) is 1. The van der Waals surface area contributed by atoms with Gasteiger partial charge in [-0.1, -0.05) is 85.5 Å². The van der Waals surface area contributed by atoms with Gasteiger partial charge in [0.1, 0.15) is 11.8 Å². The molecule has 38 heavy (non-hydrogen) atoms. The van der Waals surface area contributed by atoms with Gasteiger partial charge in [0.05, 0.1) is 0 Å². The van der Waals surface area contributed by atoms with Crippen LogP contribution in [0.1, 0.15) is 54.4 Å². The lowest BCUT2D eigenvalue weighted by Crippen LogP contribution is -2.53. The Morgan fingerprint density at radius 1 is 0.947 bits per heavy atom. The van der Waals surface area contributed by atoms with Crippen LogP contribution in [0.5, 0.6) is 5.75 Å². The maximum absolute atomic E-state index is 13.8. The molecule has 0 spiro atoms. The van der Waals surface area contributed by atoms with Crippen molar-refractivity contribution in [1.82, 2.24) is 10.2 Å². The van der Waals surface area contributed by atoms with Crippen LogP contribution in [0.4, 0.5) is 0 Å². The SMILES string of the molecule is Cc1cc(C)cc(OCC(=O)N(Cc2ccccc2Cl)C(Cc2ccccc2)C(=O)NC2CCCCC2)c1. The third-order valence-electron chi connectivity index (χ3n) is 7.08. The van der Waals surface area contributed by atoms with E-state index in [9.17, 15) is 9.59 Å². The van der Waals surface area contributed by atoms with Gasteiger partial charge in [0.15, 0.2) is 6.61 Å². The standard InChI is InChI=1S/C32H37ClN2O3/c1-23-17-24(2)19-28(18-23)38-22-31(36)35(21-26-13-9-10-16-29(26)33)30(20-25-11-5-3-6-12-25)32(37)34-27-14-7-4-8-15-27/h3,5-6,9-13,16-19,27,30H,4,7-8,14-15,20-22H2,1-2H3,(H,34,37). The van der Waals surface area contributed by atoms with Crippen LogP contribution < -0.4 is 10.1 Å². The average Bonchev–Trinajstić information content (AvgIpc) is 2.91. The molecule has 5 nitrogen and oxygen atoms in total. The smallest absolute Gasteiger partial charge is 0.261 e. The molecule has 1 saturated carbocycles. The number of hydrogen-bond acceptors (Lipinski definition) is 3. The van der Waals surface area contributed by atoms with Crippen LogP contribution in [0, 0.1) is 13.8 Å². The second-order valence-electron chi connectivity index (χ2n) is 10.3. The zero-order valence-corrected chi connectivity index (χ0v) is 23.0. The fraction of sp³-hybridized carbons (Fsp3) is 0.375. The van der Waals surface area contributed by atoms with Gasteiger partial charge in [-0.05, 0) is 67.1 Å². The fourth-order valence-electron chi connectivity index (χ4n) is 5.15. The van der Waals surface area contributed by atoms with Crippen LogP contribution in [-0.4, -0.2) is 35.4 Å². The number of carbonyl (C=O) groups excluding carboxylic acids is 2. The summed E-state index contributed by atoms with van der Waals surface area (Å²) in [6, 6.07) is 22.6. The largest absolute Gasteiger partial charge is 0.484 e. The van der Waals surface area contributed by atoms with Gasteiger partial charge < -0.3 is 15.0 Å². The molecule has 1 aliphatic rings. The summed E-state index contributed by atoms with van der Waals surface area (Å²) in [5, 5.41) is 3.82. The Bertz CT molecular complexity index is 1200. The number of halogens is 1. The minimum Gasteiger partial charge on any atom is -0.484 e. The van der Waals surface area contributed by atoms with Crippen LogP contribution in [0.3, 0.4) is 0 Å². The van der Waals surface area contributed by atoms with Crippen molar-refractivity contribution in [2.75, 3.05) is 6.61 Å². The Labute approximate surface area is 231 Å². The van der Waals surface area contributed by atoms with Crippen molar-refractivity contribution in [3.8, 4) is 5.75 Å². The quantitative estimate of drug-likeness (QED) is 0.327. The van der Waals surface area contributed by atoms with Crippen molar-refractivity contribution in [1.29, 1.82) is 0 Å². The molecule has 200 valence electrons. The molecule has 1 atom stereocenters. The van der Waals surface area contributed by atoms with E-state index in [1.807, 2.05) is 74.5 Å². The minimum absolute atomic E-state index is 0.132. The normalized spacial score (nSPS) is 14.5. The Hall–Kier alpha value is -3.31. The number of nitrogens with zero attached hydrogens (tertiary/aromatic N) is 1. The molecule has 6 heteroatoms. The first-order valence-corrected chi connectivity index (χ1v) is 13.8. The first-order chi connectivity index (χ1) is 18.4. The van der Waals surface area contributed by atoms with E-state index in [0.717, 1.165) is 47.9 Å². The van der Waals surface area contributed by atoms with Gasteiger partial charge >= 0.3 is 0 Å². The minimum atomic E-state index is -0.703. The highest BCUT2D eigenvalue weighted by atomic mass is 35.5. The monoisotopic (exact) mass is 532 g/mol. The van der Waals surface area contributed by atoms with Crippen molar-refractivity contribution < 1.29 is 14.3 Å². The van der Waals surface area contributed by atoms with Gasteiger partial charge in [-0.25, -0.2) is 0 Å². The van der Waals surface area contributed by atoms with Crippen LogP contribution in [0.2, 0.25) is 5.02 Å². The average molecular weight is 533 g/mol. The fourth-order valence-corrected chi connectivity index (χ4v) is 5.35. The van der Waals surface area contributed by atoms with Gasteiger partial charge in [0, 0.05) is 24.0 Å². The van der Waals surface area contributed by atoms with Crippen LogP contribution in [0.15, 0.2) is 72.8 Å². The second kappa shape index (κ2) is 13.5. The lowest BCUT2D eigenvalue weighted by Gasteiger charge is -2.33. The highest BCUT2D eigenvalue weighted by molar-refractivity contribution is 6.31. The van der Waals surface area contributed by atoms with E-state index in [2.05, 4.69) is 11.4 Å². The molecule has 0 radical (unpaired) electrons. The predicted molar refractivity (Wildman–Crippen MR) is 152 cm³/mol. The molecule has 0 aliphatic heterocycles. The third-order valence-corrected chi connectivity index (χ3v) is 7.45. The molecule has 0 heterocycles. The van der Waals surface area contributed by atoms with E-state index in [0.29, 0.717) is 17.2 Å². The number of rotatable bonds is 10. The summed E-state index contributed by atoms with van der Waals surface area (Å²) in [6.45, 7) is 4.04. The van der Waals surface area contributed by atoms with E-state index in [1.54, 1.807) is 11.0 Å². The van der Waals surface area contributed by atoms with E-state index in [-0.39, 0.29) is 31.0 Å². The van der Waals surface area contributed by atoms with Crippen molar-refractivity contribution in [2.45, 2.75) is 71.0 Å². The number of carbonyl (C=O) groups is 2. The zero-order chi connectivity index (χ0) is 26.9. The second-order valence-corrected chi connectivity index (χ2v) is 10.7. The molecular weight excluding hydrogens is 496 g/mol. The zero-order valence-electron chi connectivity index (χ0n) is 22.3. The third kappa shape index (κ3) is 7.84. The summed E-state index contributed by atoms with van der Waals surface area (Å²) in [5.74, 6) is 0.246. The Kier molecular flexibility index (Phi) is 9.83. The molecule has 0 saturated heterocycles. The molecule has 1 aliphatic carbocycles. The lowest BCUT2D eigenvalue weighted by atomic mass is 9.94. The van der Waals surface area contributed by atoms with Crippen LogP contribution in [-0.2, 0) is 22.6 Å². The maximum Gasteiger partial charge on any atom is 0.261 e. The molecule has 3 aromatic rings. The van der Waals surface area contributed by atoms with Gasteiger partial charge in [-0.3, -0.25) is 9.59 Å². The van der Waals surface area contributed by atoms with Crippen molar-refractivity contribution in [2.24, 2.45) is 0 Å². The Morgan fingerprint density at radius 3 is 2.29 bits per heavy atom. The molecule has 3 aromatic carbocycles. The van der Waals surface area contributed by atoms with Crippen molar-refractivity contribution >= 4 is 23.4 Å². The highest BCUT2D eigenvalue weighted by Gasteiger charge is 2.32. The first-order valence-electron chi connectivity index (χ1n) is 13.5. The van der Waals surface area contributed by atoms with E-state index in [4.69, 9.17) is 16.3 Å². The molecular formula is C32H37ClN2O3. The van der Waals surface area contributed by atoms with E-state index < -0.39 is 6.04 Å². The number of aryl methyl sites for hydroxylation is 2. The first kappa shape index (κ1) is 27.7. The number of amides is 2. The topological polar surface area (TPSA) is 58.6 Å². The molecule has 4 rings (SSSR count). The summed E-state index contributed by atoms with van der Waals surface area (Å²) in [7, 11) is 0. The van der Waals surface area contributed by atoms with Crippen molar-refractivity contribution in [3.63, 3.8) is 0 Å². The molecule has 1 fully saturated rings. The molecule has 1 N–H and O–H groups in total. The van der Waals surface area contributed by atoms with Gasteiger partial charge in [0.2, 0.25) is 5.91 Å².